The van der Waals surface area contributed by atoms with Gasteiger partial charge >= 0.3 is 0 Å². The van der Waals surface area contributed by atoms with Crippen LogP contribution in [0.25, 0.3) is 0 Å². The van der Waals surface area contributed by atoms with Crippen LogP contribution in [0.2, 0.25) is 5.02 Å². The molecule has 5 rings (SSSR count). The molecular formula is C25H25ClN4O4. The van der Waals surface area contributed by atoms with E-state index < -0.39 is 17.5 Å². The number of fused-ring (bicyclic) bond motifs is 1. The summed E-state index contributed by atoms with van der Waals surface area (Å²) in [5.74, 6) is -1.03. The number of nitrogens with one attached hydrogen (secondary N) is 2. The number of rotatable bonds is 5. The number of pyridine rings is 1. The molecule has 176 valence electrons. The second kappa shape index (κ2) is 8.51. The minimum absolute atomic E-state index is 0.197. The maximum absolute atomic E-state index is 13.3. The molecule has 34 heavy (non-hydrogen) atoms. The van der Waals surface area contributed by atoms with Crippen molar-refractivity contribution in [2.24, 2.45) is 5.92 Å². The fourth-order valence-electron chi connectivity index (χ4n) is 5.07. The highest BCUT2D eigenvalue weighted by atomic mass is 35.5. The summed E-state index contributed by atoms with van der Waals surface area (Å²) in [6.07, 6.45) is 5.20. The van der Waals surface area contributed by atoms with Gasteiger partial charge in [0.15, 0.2) is 0 Å². The summed E-state index contributed by atoms with van der Waals surface area (Å²) in [5, 5.41) is 6.03. The van der Waals surface area contributed by atoms with Crippen LogP contribution in [0.3, 0.4) is 0 Å². The predicted octanol–water partition coefficient (Wildman–Crippen LogP) is 2.94. The van der Waals surface area contributed by atoms with Gasteiger partial charge in [0.25, 0.3) is 11.8 Å². The van der Waals surface area contributed by atoms with E-state index in [9.17, 15) is 19.2 Å². The summed E-state index contributed by atoms with van der Waals surface area (Å²) < 4.78 is 0. The zero-order valence-corrected chi connectivity index (χ0v) is 19.5. The average molecular weight is 481 g/mol. The zero-order valence-electron chi connectivity index (χ0n) is 18.8. The van der Waals surface area contributed by atoms with Crippen molar-refractivity contribution < 1.29 is 19.2 Å². The van der Waals surface area contributed by atoms with Gasteiger partial charge in [-0.3, -0.25) is 29.5 Å². The summed E-state index contributed by atoms with van der Waals surface area (Å²) in [5.41, 5.74) is 1.72. The van der Waals surface area contributed by atoms with Gasteiger partial charge in [0.05, 0.1) is 16.3 Å². The molecule has 2 N–H and O–H groups in total. The van der Waals surface area contributed by atoms with Crippen molar-refractivity contribution in [3.8, 4) is 0 Å². The molecule has 0 radical (unpaired) electrons. The number of carbonyl (C=O) groups is 4. The Morgan fingerprint density at radius 1 is 1.18 bits per heavy atom. The molecular weight excluding hydrogens is 456 g/mol. The minimum atomic E-state index is -0.687. The lowest BCUT2D eigenvalue weighted by atomic mass is 9.69. The second-order valence-electron chi connectivity index (χ2n) is 9.42. The van der Waals surface area contributed by atoms with Crippen LogP contribution in [0.4, 0.5) is 0 Å². The molecule has 9 heteroatoms. The van der Waals surface area contributed by atoms with Gasteiger partial charge in [0.1, 0.15) is 6.04 Å². The van der Waals surface area contributed by atoms with Crippen LogP contribution in [-0.2, 0) is 21.7 Å². The lowest BCUT2D eigenvalue weighted by molar-refractivity contribution is -0.136. The van der Waals surface area contributed by atoms with Crippen molar-refractivity contribution in [1.29, 1.82) is 0 Å². The van der Waals surface area contributed by atoms with Gasteiger partial charge in [-0.15, -0.1) is 0 Å². The monoisotopic (exact) mass is 480 g/mol. The van der Waals surface area contributed by atoms with Gasteiger partial charge in [0.2, 0.25) is 11.8 Å². The number of halogens is 1. The molecule has 1 aliphatic carbocycles. The normalized spacial score (nSPS) is 22.0. The van der Waals surface area contributed by atoms with Gasteiger partial charge in [-0.05, 0) is 68.0 Å². The number of imide groups is 1. The lowest BCUT2D eigenvalue weighted by Gasteiger charge is -2.43. The van der Waals surface area contributed by atoms with Gasteiger partial charge in [-0.1, -0.05) is 18.0 Å². The van der Waals surface area contributed by atoms with Gasteiger partial charge < -0.3 is 10.2 Å². The van der Waals surface area contributed by atoms with Gasteiger partial charge in [-0.25, -0.2) is 0 Å². The first-order chi connectivity index (χ1) is 16.3. The third-order valence-corrected chi connectivity index (χ3v) is 7.56. The number of amides is 4. The van der Waals surface area contributed by atoms with Crippen LogP contribution in [-0.4, -0.2) is 39.6 Å². The fourth-order valence-corrected chi connectivity index (χ4v) is 5.18. The van der Waals surface area contributed by atoms with Crippen molar-refractivity contribution in [3.63, 3.8) is 0 Å². The molecule has 0 spiro atoms. The van der Waals surface area contributed by atoms with Crippen molar-refractivity contribution in [2.75, 3.05) is 0 Å². The van der Waals surface area contributed by atoms with Crippen molar-refractivity contribution in [3.05, 3.63) is 63.9 Å². The molecule has 2 fully saturated rings. The predicted molar refractivity (Wildman–Crippen MR) is 124 cm³/mol. The van der Waals surface area contributed by atoms with Crippen molar-refractivity contribution in [1.82, 2.24) is 20.5 Å². The Labute approximate surface area is 202 Å². The second-order valence-corrected chi connectivity index (χ2v) is 9.85. The van der Waals surface area contributed by atoms with Crippen LogP contribution in [0.15, 0.2) is 36.5 Å². The lowest BCUT2D eigenvalue weighted by Crippen LogP contribution is -2.52. The highest BCUT2D eigenvalue weighted by Crippen LogP contribution is 2.42. The smallest absolute Gasteiger partial charge is 0.255 e. The topological polar surface area (TPSA) is 108 Å². The third-order valence-electron chi connectivity index (χ3n) is 7.34. The van der Waals surface area contributed by atoms with E-state index in [0.717, 1.165) is 25.0 Å². The van der Waals surface area contributed by atoms with Gasteiger partial charge in [0, 0.05) is 30.3 Å². The molecule has 8 nitrogen and oxygen atoms in total. The minimum Gasteiger partial charge on any atom is -0.341 e. The summed E-state index contributed by atoms with van der Waals surface area (Å²) in [6, 6.07) is 7.92. The van der Waals surface area contributed by atoms with E-state index in [0.29, 0.717) is 28.1 Å². The standard InChI is InChI=1S/C25H25ClN4O4/c1-25(16-3-2-4-16,20-9-6-17(26)12-27-20)29-22(32)14-5-7-18-15(11-14)13-30(24(18)34)19-8-10-21(31)28-23(19)33/h5-7,9,11-12,16,19H,2-4,8,10,13H2,1H3,(H,29,32)(H,28,31,33). The molecule has 1 saturated carbocycles. The molecule has 3 heterocycles. The number of piperidine rings is 1. The third kappa shape index (κ3) is 3.86. The zero-order chi connectivity index (χ0) is 24.0. The van der Waals surface area contributed by atoms with E-state index in [1.54, 1.807) is 30.5 Å². The van der Waals surface area contributed by atoms with Gasteiger partial charge in [-0.2, -0.15) is 0 Å². The number of hydrogen-bond acceptors (Lipinski definition) is 5. The van der Waals surface area contributed by atoms with Crippen molar-refractivity contribution in [2.45, 2.75) is 57.2 Å². The quantitative estimate of drug-likeness (QED) is 0.639. The maximum Gasteiger partial charge on any atom is 0.255 e. The summed E-state index contributed by atoms with van der Waals surface area (Å²) >= 11 is 6.02. The molecule has 3 aliphatic rings. The number of benzene rings is 1. The molecule has 1 aromatic carbocycles. The number of aromatic nitrogens is 1. The van der Waals surface area contributed by atoms with E-state index in [4.69, 9.17) is 11.6 Å². The van der Waals surface area contributed by atoms with Crippen molar-refractivity contribution >= 4 is 35.2 Å². The average Bonchev–Trinajstić information content (AvgIpc) is 3.08. The number of carbonyl (C=O) groups excluding carboxylic acids is 4. The molecule has 0 bridgehead atoms. The highest BCUT2D eigenvalue weighted by Gasteiger charge is 2.43. The molecule has 4 amide bonds. The van der Waals surface area contributed by atoms with Crippen LogP contribution in [0, 0.1) is 5.92 Å². The number of hydrogen-bond donors (Lipinski definition) is 2. The molecule has 1 saturated heterocycles. The SMILES string of the molecule is CC(NC(=O)c1ccc2c(c1)CN(C1CCC(=O)NC1=O)C2=O)(c1ccc(Cl)cn1)C1CCC1. The Kier molecular flexibility index (Phi) is 5.64. The highest BCUT2D eigenvalue weighted by molar-refractivity contribution is 6.30. The van der Waals surface area contributed by atoms with Crippen LogP contribution < -0.4 is 10.6 Å². The van der Waals surface area contributed by atoms with Crippen LogP contribution >= 0.6 is 11.6 Å². The summed E-state index contributed by atoms with van der Waals surface area (Å²) in [4.78, 5) is 56.0. The van der Waals surface area contributed by atoms with Crippen LogP contribution in [0.5, 0.6) is 0 Å². The molecule has 2 aromatic rings. The molecule has 1 aromatic heterocycles. The molecule has 2 aliphatic heterocycles. The number of nitrogens with zero attached hydrogens (tertiary/aromatic N) is 2. The molecule has 2 unspecified atom stereocenters. The maximum atomic E-state index is 13.3. The van der Waals surface area contributed by atoms with E-state index >= 15 is 0 Å². The first-order valence-electron chi connectivity index (χ1n) is 11.5. The largest absolute Gasteiger partial charge is 0.341 e. The first-order valence-corrected chi connectivity index (χ1v) is 11.9. The summed E-state index contributed by atoms with van der Waals surface area (Å²) in [6.45, 7) is 2.22. The molecule has 2 atom stereocenters. The Bertz CT molecular complexity index is 1190. The Morgan fingerprint density at radius 2 is 1.97 bits per heavy atom. The van der Waals surface area contributed by atoms with Crippen LogP contribution in [0.1, 0.15) is 71.0 Å². The van der Waals surface area contributed by atoms with E-state index in [1.807, 2.05) is 13.0 Å². The van der Waals surface area contributed by atoms with E-state index in [-0.39, 0.29) is 36.6 Å². The van der Waals surface area contributed by atoms with E-state index in [2.05, 4.69) is 15.6 Å². The Hall–Kier alpha value is -3.26. The fraction of sp³-hybridized carbons (Fsp3) is 0.400. The van der Waals surface area contributed by atoms with E-state index in [1.165, 1.54) is 4.90 Å². The Balaban J connectivity index is 1.37. The first kappa shape index (κ1) is 22.5. The summed E-state index contributed by atoms with van der Waals surface area (Å²) in [7, 11) is 0. The Morgan fingerprint density at radius 3 is 2.62 bits per heavy atom.